The van der Waals surface area contributed by atoms with Gasteiger partial charge in [0.05, 0.1) is 11.7 Å². The minimum Gasteiger partial charge on any atom is -0.388 e. The Kier molecular flexibility index (Phi) is 4.71. The van der Waals surface area contributed by atoms with Crippen LogP contribution in [-0.4, -0.2) is 22.8 Å². The van der Waals surface area contributed by atoms with Gasteiger partial charge in [-0.25, -0.2) is 4.98 Å². The number of hydrogen-bond donors (Lipinski definition) is 1. The van der Waals surface area contributed by atoms with E-state index in [-0.39, 0.29) is 5.60 Å². The molecular weight excluding hydrogens is 226 g/mol. The van der Waals surface area contributed by atoms with Crippen molar-refractivity contribution >= 4 is 11.6 Å². The first-order valence-corrected chi connectivity index (χ1v) is 5.67. The summed E-state index contributed by atoms with van der Waals surface area (Å²) in [5.74, 6) is 0. The largest absolute Gasteiger partial charge is 0.388 e. The third kappa shape index (κ3) is 4.08. The van der Waals surface area contributed by atoms with E-state index in [9.17, 15) is 5.11 Å². The molecule has 0 aliphatic heterocycles. The Bertz CT molecular complexity index is 342. The average molecular weight is 244 g/mol. The molecule has 1 aromatic rings. The van der Waals surface area contributed by atoms with Gasteiger partial charge in [0.25, 0.3) is 0 Å². The fraction of sp³-hybridized carbons (Fsp3) is 0.583. The molecule has 0 spiro atoms. The van der Waals surface area contributed by atoms with Crippen molar-refractivity contribution in [2.75, 3.05) is 7.11 Å². The number of nitrogens with zero attached hydrogens (tertiary/aromatic N) is 1. The first-order valence-electron chi connectivity index (χ1n) is 5.29. The SMILES string of the molecule is COC(C)(C)CCC(O)c1ccnc(Cl)c1. The van der Waals surface area contributed by atoms with Gasteiger partial charge in [0.1, 0.15) is 5.15 Å². The second-order valence-electron chi connectivity index (χ2n) is 4.43. The number of ether oxygens (including phenoxy) is 1. The van der Waals surface area contributed by atoms with Gasteiger partial charge in [-0.1, -0.05) is 11.6 Å². The minimum absolute atomic E-state index is 0.211. The number of rotatable bonds is 5. The van der Waals surface area contributed by atoms with Crippen LogP contribution in [0.1, 0.15) is 38.4 Å². The summed E-state index contributed by atoms with van der Waals surface area (Å²) in [4.78, 5) is 3.88. The molecule has 0 saturated heterocycles. The summed E-state index contributed by atoms with van der Waals surface area (Å²) in [6, 6.07) is 3.46. The van der Waals surface area contributed by atoms with E-state index in [0.29, 0.717) is 11.6 Å². The molecule has 0 fully saturated rings. The summed E-state index contributed by atoms with van der Waals surface area (Å²) in [7, 11) is 1.68. The summed E-state index contributed by atoms with van der Waals surface area (Å²) < 4.78 is 5.30. The molecule has 90 valence electrons. The Labute approximate surface area is 101 Å². The molecule has 0 amide bonds. The molecular formula is C12H18ClNO2. The second kappa shape index (κ2) is 5.62. The normalized spacial score (nSPS) is 13.8. The van der Waals surface area contributed by atoms with Crippen LogP contribution in [0.2, 0.25) is 5.15 Å². The van der Waals surface area contributed by atoms with Crippen molar-refractivity contribution < 1.29 is 9.84 Å². The molecule has 1 heterocycles. The van der Waals surface area contributed by atoms with Gasteiger partial charge < -0.3 is 9.84 Å². The zero-order valence-electron chi connectivity index (χ0n) is 9.90. The molecule has 4 heteroatoms. The van der Waals surface area contributed by atoms with Gasteiger partial charge in [-0.05, 0) is 44.4 Å². The van der Waals surface area contributed by atoms with Crippen LogP contribution in [0.15, 0.2) is 18.3 Å². The van der Waals surface area contributed by atoms with Crippen molar-refractivity contribution in [2.45, 2.75) is 38.4 Å². The Morgan fingerprint density at radius 2 is 2.25 bits per heavy atom. The van der Waals surface area contributed by atoms with E-state index in [1.54, 1.807) is 25.4 Å². The molecule has 1 atom stereocenters. The molecule has 1 rings (SSSR count). The Balaban J connectivity index is 2.56. The third-order valence-corrected chi connectivity index (χ3v) is 2.91. The fourth-order valence-electron chi connectivity index (χ4n) is 1.38. The van der Waals surface area contributed by atoms with Crippen LogP contribution in [0.25, 0.3) is 0 Å². The van der Waals surface area contributed by atoms with Gasteiger partial charge in [0, 0.05) is 13.3 Å². The highest BCUT2D eigenvalue weighted by Gasteiger charge is 2.19. The van der Waals surface area contributed by atoms with Crippen molar-refractivity contribution in [3.05, 3.63) is 29.0 Å². The predicted octanol–water partition coefficient (Wildman–Crippen LogP) is 2.97. The quantitative estimate of drug-likeness (QED) is 0.809. The zero-order valence-corrected chi connectivity index (χ0v) is 10.7. The van der Waals surface area contributed by atoms with Gasteiger partial charge >= 0.3 is 0 Å². The zero-order chi connectivity index (χ0) is 12.2. The molecule has 1 unspecified atom stereocenters. The highest BCUT2D eigenvalue weighted by molar-refractivity contribution is 6.29. The van der Waals surface area contributed by atoms with E-state index in [1.165, 1.54) is 0 Å². The lowest BCUT2D eigenvalue weighted by atomic mass is 9.97. The van der Waals surface area contributed by atoms with E-state index >= 15 is 0 Å². The molecule has 3 nitrogen and oxygen atoms in total. The second-order valence-corrected chi connectivity index (χ2v) is 4.82. The Morgan fingerprint density at radius 3 is 2.81 bits per heavy atom. The highest BCUT2D eigenvalue weighted by atomic mass is 35.5. The summed E-state index contributed by atoms with van der Waals surface area (Å²) in [6.07, 6.45) is 2.50. The number of aliphatic hydroxyl groups excluding tert-OH is 1. The van der Waals surface area contributed by atoms with Gasteiger partial charge in [-0.15, -0.1) is 0 Å². The van der Waals surface area contributed by atoms with E-state index in [2.05, 4.69) is 4.98 Å². The van der Waals surface area contributed by atoms with Crippen LogP contribution in [0.5, 0.6) is 0 Å². The first-order chi connectivity index (χ1) is 7.44. The van der Waals surface area contributed by atoms with E-state index in [4.69, 9.17) is 16.3 Å². The van der Waals surface area contributed by atoms with E-state index in [1.807, 2.05) is 13.8 Å². The molecule has 0 bridgehead atoms. The fourth-order valence-corrected chi connectivity index (χ4v) is 1.56. The third-order valence-electron chi connectivity index (χ3n) is 2.71. The lowest BCUT2D eigenvalue weighted by Gasteiger charge is -2.24. The van der Waals surface area contributed by atoms with Gasteiger partial charge in [-0.3, -0.25) is 0 Å². The van der Waals surface area contributed by atoms with Crippen molar-refractivity contribution in [1.29, 1.82) is 0 Å². The lowest BCUT2D eigenvalue weighted by Crippen LogP contribution is -2.23. The first kappa shape index (κ1) is 13.4. The van der Waals surface area contributed by atoms with Crippen molar-refractivity contribution in [1.82, 2.24) is 4.98 Å². The van der Waals surface area contributed by atoms with Crippen molar-refractivity contribution in [2.24, 2.45) is 0 Å². The Hall–Kier alpha value is -0.640. The smallest absolute Gasteiger partial charge is 0.129 e. The number of aromatic nitrogens is 1. The summed E-state index contributed by atoms with van der Waals surface area (Å²) in [5.41, 5.74) is 0.588. The topological polar surface area (TPSA) is 42.4 Å². The number of aliphatic hydroxyl groups is 1. The molecule has 0 saturated carbocycles. The minimum atomic E-state index is -0.519. The maximum atomic E-state index is 9.96. The molecule has 16 heavy (non-hydrogen) atoms. The number of methoxy groups -OCH3 is 1. The molecule has 0 aliphatic carbocycles. The standard InChI is InChI=1S/C12H18ClNO2/c1-12(2,16-3)6-4-10(15)9-5-7-14-11(13)8-9/h5,7-8,10,15H,4,6H2,1-3H3. The number of hydrogen-bond acceptors (Lipinski definition) is 3. The average Bonchev–Trinajstić information content (AvgIpc) is 2.26. The van der Waals surface area contributed by atoms with Crippen LogP contribution in [0.4, 0.5) is 0 Å². The van der Waals surface area contributed by atoms with Crippen LogP contribution in [-0.2, 0) is 4.74 Å². The van der Waals surface area contributed by atoms with Crippen molar-refractivity contribution in [3.63, 3.8) is 0 Å². The monoisotopic (exact) mass is 243 g/mol. The van der Waals surface area contributed by atoms with Gasteiger partial charge in [0.2, 0.25) is 0 Å². The molecule has 0 aliphatic rings. The lowest BCUT2D eigenvalue weighted by molar-refractivity contribution is 0.00278. The van der Waals surface area contributed by atoms with Crippen molar-refractivity contribution in [3.8, 4) is 0 Å². The van der Waals surface area contributed by atoms with Gasteiger partial charge in [0.15, 0.2) is 0 Å². The molecule has 0 radical (unpaired) electrons. The molecule has 1 N–H and O–H groups in total. The van der Waals surface area contributed by atoms with Crippen LogP contribution in [0, 0.1) is 0 Å². The molecule has 0 aromatic carbocycles. The van der Waals surface area contributed by atoms with Crippen LogP contribution < -0.4 is 0 Å². The van der Waals surface area contributed by atoms with E-state index < -0.39 is 6.10 Å². The van der Waals surface area contributed by atoms with Crippen LogP contribution in [0.3, 0.4) is 0 Å². The molecule has 1 aromatic heterocycles. The maximum Gasteiger partial charge on any atom is 0.129 e. The van der Waals surface area contributed by atoms with Crippen LogP contribution >= 0.6 is 11.6 Å². The van der Waals surface area contributed by atoms with E-state index in [0.717, 1.165) is 12.0 Å². The van der Waals surface area contributed by atoms with Gasteiger partial charge in [-0.2, -0.15) is 0 Å². The number of pyridine rings is 1. The summed E-state index contributed by atoms with van der Waals surface area (Å²) in [5, 5.41) is 10.4. The summed E-state index contributed by atoms with van der Waals surface area (Å²) in [6.45, 7) is 4.00. The predicted molar refractivity (Wildman–Crippen MR) is 64.5 cm³/mol. The summed E-state index contributed by atoms with van der Waals surface area (Å²) >= 11 is 5.76. The highest BCUT2D eigenvalue weighted by Crippen LogP contribution is 2.25. The number of halogens is 1. The maximum absolute atomic E-state index is 9.96. The Morgan fingerprint density at radius 1 is 1.56 bits per heavy atom.